The molecule has 0 aliphatic carbocycles. The predicted octanol–water partition coefficient (Wildman–Crippen LogP) is 12.3. The van der Waals surface area contributed by atoms with E-state index < -0.39 is 0 Å². The van der Waals surface area contributed by atoms with Gasteiger partial charge >= 0.3 is 0 Å². The van der Waals surface area contributed by atoms with Gasteiger partial charge in [0, 0.05) is 37.7 Å². The molecule has 46 heavy (non-hydrogen) atoms. The number of nitrogens with zero attached hydrogens (tertiary/aromatic N) is 2. The molecular formula is C42H39BrN2O. The number of rotatable bonds is 0. The summed E-state index contributed by atoms with van der Waals surface area (Å²) in [5.41, 5.74) is 11.2. The van der Waals surface area contributed by atoms with Gasteiger partial charge in [-0.2, -0.15) is 0 Å². The molecule has 0 aliphatic heterocycles. The summed E-state index contributed by atoms with van der Waals surface area (Å²) in [7, 11) is 0. The highest BCUT2D eigenvalue weighted by Crippen LogP contribution is 2.49. The molecule has 4 heteroatoms. The molecule has 0 atom stereocenters. The summed E-state index contributed by atoms with van der Waals surface area (Å²) in [6, 6.07) is 25.6. The minimum atomic E-state index is 0.00323. The van der Waals surface area contributed by atoms with Gasteiger partial charge < -0.3 is 13.9 Å². The van der Waals surface area contributed by atoms with E-state index in [9.17, 15) is 5.11 Å². The van der Waals surface area contributed by atoms with E-state index in [2.05, 4.69) is 154 Å². The average molecular weight is 668 g/mol. The topological polar surface area (TPSA) is 29.1 Å². The third-order valence-corrected chi connectivity index (χ3v) is 11.2. The van der Waals surface area contributed by atoms with Crippen molar-refractivity contribution >= 4 is 92.1 Å². The number of phenolic OH excluding ortho intramolecular Hbond substituents is 1. The first-order valence-electron chi connectivity index (χ1n) is 16.4. The van der Waals surface area contributed by atoms with Crippen molar-refractivity contribution < 1.29 is 5.11 Å². The molecule has 0 unspecified atom stereocenters. The monoisotopic (exact) mass is 666 g/mol. The summed E-state index contributed by atoms with van der Waals surface area (Å²) in [6.45, 7) is 20.6. The normalized spacial score (nSPS) is 14.0. The van der Waals surface area contributed by atoms with Crippen molar-refractivity contribution in [2.24, 2.45) is 0 Å². The van der Waals surface area contributed by atoms with Crippen LogP contribution in [0.25, 0.3) is 76.2 Å². The molecule has 0 saturated carbocycles. The summed E-state index contributed by atoms with van der Waals surface area (Å²) >= 11 is 3.73. The largest absolute Gasteiger partial charge is 0.506 e. The van der Waals surface area contributed by atoms with E-state index >= 15 is 0 Å². The minimum Gasteiger partial charge on any atom is -0.506 e. The fraction of sp³-hybridized carbons (Fsp3) is 0.286. The molecule has 1 N–H and O–H groups in total. The Morgan fingerprint density at radius 2 is 0.870 bits per heavy atom. The van der Waals surface area contributed by atoms with Crippen molar-refractivity contribution in [3.63, 3.8) is 0 Å². The summed E-state index contributed by atoms with van der Waals surface area (Å²) in [5.74, 6) is 0.307. The molecule has 0 bridgehead atoms. The van der Waals surface area contributed by atoms with Gasteiger partial charge in [-0.1, -0.05) is 74.4 Å². The zero-order valence-electron chi connectivity index (χ0n) is 28.1. The first-order chi connectivity index (χ1) is 21.5. The second-order valence-corrected chi connectivity index (χ2v) is 17.5. The molecule has 5 aromatic carbocycles. The minimum absolute atomic E-state index is 0.00323. The molecule has 0 aliphatic rings. The zero-order chi connectivity index (χ0) is 32.4. The lowest BCUT2D eigenvalue weighted by atomic mass is 9.84. The molecule has 0 amide bonds. The van der Waals surface area contributed by atoms with Crippen molar-refractivity contribution in [2.45, 2.75) is 78.6 Å². The SMILES string of the molecule is CC(C)(C)c1ccc2c(c1)c1cc(C(C)(C)C)cc3c4cc5c(cc4n2c13)c1cc(Br)c(O)c2c3cc(C(C)(C)C)ccc3n5c12. The molecule has 4 aromatic heterocycles. The fourth-order valence-corrected chi connectivity index (χ4v) is 8.40. The van der Waals surface area contributed by atoms with Gasteiger partial charge in [0.15, 0.2) is 0 Å². The average Bonchev–Trinajstić information content (AvgIpc) is 3.68. The summed E-state index contributed by atoms with van der Waals surface area (Å²) in [4.78, 5) is 0. The van der Waals surface area contributed by atoms with Gasteiger partial charge in [-0.3, -0.25) is 0 Å². The van der Waals surface area contributed by atoms with E-state index in [1.54, 1.807) is 0 Å². The van der Waals surface area contributed by atoms with Crippen LogP contribution in [-0.2, 0) is 16.2 Å². The van der Waals surface area contributed by atoms with Crippen LogP contribution in [0.3, 0.4) is 0 Å². The number of benzene rings is 5. The number of fused-ring (bicyclic) bond motifs is 12. The Morgan fingerprint density at radius 1 is 0.457 bits per heavy atom. The van der Waals surface area contributed by atoms with E-state index in [1.165, 1.54) is 65.7 Å². The highest BCUT2D eigenvalue weighted by atomic mass is 79.9. The molecular weight excluding hydrogens is 628 g/mol. The lowest BCUT2D eigenvalue weighted by Crippen LogP contribution is -2.11. The molecule has 0 radical (unpaired) electrons. The quantitative estimate of drug-likeness (QED) is 0.171. The first kappa shape index (κ1) is 28.2. The Labute approximate surface area is 277 Å². The molecule has 9 aromatic rings. The number of hydrogen-bond acceptors (Lipinski definition) is 1. The van der Waals surface area contributed by atoms with Crippen LogP contribution in [-0.4, -0.2) is 13.9 Å². The number of halogens is 1. The molecule has 230 valence electrons. The van der Waals surface area contributed by atoms with Gasteiger partial charge in [0.05, 0.1) is 43.0 Å². The number of aromatic hydroxyl groups is 1. The van der Waals surface area contributed by atoms with Crippen molar-refractivity contribution in [3.05, 3.63) is 87.9 Å². The maximum atomic E-state index is 11.5. The van der Waals surface area contributed by atoms with E-state index in [4.69, 9.17) is 0 Å². The van der Waals surface area contributed by atoms with Gasteiger partial charge in [-0.15, -0.1) is 0 Å². The van der Waals surface area contributed by atoms with Crippen LogP contribution in [0.15, 0.2) is 71.2 Å². The zero-order valence-corrected chi connectivity index (χ0v) is 29.7. The van der Waals surface area contributed by atoms with Crippen LogP contribution in [0.1, 0.15) is 79.0 Å². The summed E-state index contributed by atoms with van der Waals surface area (Å²) in [6.07, 6.45) is 0. The van der Waals surface area contributed by atoms with Crippen molar-refractivity contribution in [2.75, 3.05) is 0 Å². The third kappa shape index (κ3) is 3.49. The molecule has 0 spiro atoms. The van der Waals surface area contributed by atoms with Crippen LogP contribution in [0.5, 0.6) is 5.75 Å². The smallest absolute Gasteiger partial charge is 0.139 e. The highest BCUT2D eigenvalue weighted by Gasteiger charge is 2.27. The van der Waals surface area contributed by atoms with Gasteiger partial charge in [0.1, 0.15) is 5.75 Å². The summed E-state index contributed by atoms with van der Waals surface area (Å²) < 4.78 is 5.62. The van der Waals surface area contributed by atoms with Crippen LogP contribution in [0.2, 0.25) is 0 Å². The molecule has 0 saturated heterocycles. The predicted molar refractivity (Wildman–Crippen MR) is 201 cm³/mol. The Bertz CT molecular complexity index is 2750. The van der Waals surface area contributed by atoms with Gasteiger partial charge in [0.25, 0.3) is 0 Å². The van der Waals surface area contributed by atoms with Crippen LogP contribution >= 0.6 is 15.9 Å². The van der Waals surface area contributed by atoms with Crippen LogP contribution in [0.4, 0.5) is 0 Å². The second-order valence-electron chi connectivity index (χ2n) is 16.7. The Morgan fingerprint density at radius 3 is 1.39 bits per heavy atom. The number of phenols is 1. The maximum absolute atomic E-state index is 11.5. The van der Waals surface area contributed by atoms with Crippen molar-refractivity contribution in [1.29, 1.82) is 0 Å². The van der Waals surface area contributed by atoms with E-state index in [-0.39, 0.29) is 16.2 Å². The van der Waals surface area contributed by atoms with Gasteiger partial charge in [-0.05, 0) is 103 Å². The molecule has 3 nitrogen and oxygen atoms in total. The maximum Gasteiger partial charge on any atom is 0.139 e. The Kier molecular flexibility index (Phi) is 5.19. The third-order valence-electron chi connectivity index (χ3n) is 10.6. The lowest BCUT2D eigenvalue weighted by molar-refractivity contribution is 0.479. The number of aromatic nitrogens is 2. The molecule has 9 rings (SSSR count). The van der Waals surface area contributed by atoms with E-state index in [1.807, 2.05) is 0 Å². The lowest BCUT2D eigenvalue weighted by Gasteiger charge is -2.20. The second kappa shape index (κ2) is 8.46. The van der Waals surface area contributed by atoms with Crippen LogP contribution in [0, 0.1) is 0 Å². The van der Waals surface area contributed by atoms with Crippen molar-refractivity contribution in [1.82, 2.24) is 8.80 Å². The Balaban J connectivity index is 1.51. The van der Waals surface area contributed by atoms with E-state index in [0.717, 1.165) is 31.7 Å². The molecule has 0 fully saturated rings. The highest BCUT2D eigenvalue weighted by molar-refractivity contribution is 9.10. The summed E-state index contributed by atoms with van der Waals surface area (Å²) in [5, 5.41) is 21.1. The fourth-order valence-electron chi connectivity index (χ4n) is 7.97. The number of hydrogen-bond donors (Lipinski definition) is 1. The first-order valence-corrected chi connectivity index (χ1v) is 17.2. The standard InChI is InChI=1S/C42H39BrN2O/c1-40(2,3)21-10-12-32-24(14-21)27-16-23(42(7,8)9)17-28-25-19-35-26(20-34(25)44(32)37(27)28)29-18-31(43)39(46)36-30-15-22(41(4,5)6)11-13-33(30)45(35)38(29)36/h10-20,46H,1-9H3. The van der Waals surface area contributed by atoms with Gasteiger partial charge in [-0.25, -0.2) is 0 Å². The molecule has 4 heterocycles. The van der Waals surface area contributed by atoms with Gasteiger partial charge in [0.2, 0.25) is 0 Å². The van der Waals surface area contributed by atoms with E-state index in [0.29, 0.717) is 5.75 Å². The Hall–Kier alpha value is -4.02. The van der Waals surface area contributed by atoms with Crippen molar-refractivity contribution in [3.8, 4) is 5.75 Å². The van der Waals surface area contributed by atoms with Crippen LogP contribution < -0.4 is 0 Å².